The number of rotatable bonds is 2. The highest BCUT2D eigenvalue weighted by Gasteiger charge is 2.48. The van der Waals surface area contributed by atoms with Crippen LogP contribution < -0.4 is 15.0 Å². The van der Waals surface area contributed by atoms with Crippen molar-refractivity contribution in [3.05, 3.63) is 59.7 Å². The fourth-order valence-electron chi connectivity index (χ4n) is 3.47. The normalized spacial score (nSPS) is 24.6. The molecule has 2 aromatic rings. The van der Waals surface area contributed by atoms with Crippen molar-refractivity contribution < 1.29 is 14.6 Å². The molecule has 0 amide bonds. The van der Waals surface area contributed by atoms with Crippen LogP contribution in [0.15, 0.2) is 48.5 Å². The van der Waals surface area contributed by atoms with Gasteiger partial charge in [0.1, 0.15) is 5.75 Å². The Balaban J connectivity index is 1.75. The number of hydrogen-bond acceptors (Lipinski definition) is 3. The molecule has 4 rings (SSSR count). The quantitative estimate of drug-likeness (QED) is 0.818. The SMILES string of the molecule is CC12CC(NC(=S)N1c1ccc(C(=O)O)cc1)c1ccccc1O2. The Morgan fingerprint density at radius 1 is 1.29 bits per heavy atom. The van der Waals surface area contributed by atoms with Gasteiger partial charge in [-0.05, 0) is 49.5 Å². The van der Waals surface area contributed by atoms with Crippen molar-refractivity contribution in [1.82, 2.24) is 5.32 Å². The number of para-hydroxylation sites is 1. The van der Waals surface area contributed by atoms with Gasteiger partial charge < -0.3 is 15.2 Å². The van der Waals surface area contributed by atoms with Crippen LogP contribution in [0.1, 0.15) is 35.3 Å². The molecular formula is C18H16N2O3S. The molecule has 2 N–H and O–H groups in total. The molecule has 2 heterocycles. The Morgan fingerprint density at radius 2 is 2.00 bits per heavy atom. The summed E-state index contributed by atoms with van der Waals surface area (Å²) in [5.74, 6) is -0.103. The number of benzene rings is 2. The Bertz CT molecular complexity index is 836. The maximum atomic E-state index is 11.0. The standard InChI is InChI=1S/C18H16N2O3S/c1-18-10-14(13-4-2-3-5-15(13)23-18)19-17(24)20(18)12-8-6-11(7-9-12)16(21)22/h2-9,14H,10H2,1H3,(H,19,24)(H,21,22). The summed E-state index contributed by atoms with van der Waals surface area (Å²) in [6, 6.07) is 14.7. The number of carbonyl (C=O) groups is 1. The van der Waals surface area contributed by atoms with E-state index in [1.165, 1.54) is 0 Å². The van der Waals surface area contributed by atoms with Crippen molar-refractivity contribution in [2.24, 2.45) is 0 Å². The molecular weight excluding hydrogens is 324 g/mol. The van der Waals surface area contributed by atoms with E-state index in [4.69, 9.17) is 22.1 Å². The third-order valence-corrected chi connectivity index (χ3v) is 4.85. The van der Waals surface area contributed by atoms with E-state index in [0.717, 1.165) is 23.4 Å². The van der Waals surface area contributed by atoms with Gasteiger partial charge in [-0.1, -0.05) is 18.2 Å². The van der Waals surface area contributed by atoms with E-state index in [9.17, 15) is 4.79 Å². The monoisotopic (exact) mass is 340 g/mol. The first-order valence-electron chi connectivity index (χ1n) is 7.70. The number of aromatic carboxylic acids is 1. The van der Waals surface area contributed by atoms with E-state index >= 15 is 0 Å². The molecule has 0 spiro atoms. The number of hydrogen-bond donors (Lipinski definition) is 2. The van der Waals surface area contributed by atoms with Gasteiger partial charge in [0, 0.05) is 17.7 Å². The fraction of sp³-hybridized carbons (Fsp3) is 0.222. The van der Waals surface area contributed by atoms with Crippen LogP contribution in [0.5, 0.6) is 5.75 Å². The molecule has 0 radical (unpaired) electrons. The molecule has 0 saturated carbocycles. The molecule has 2 bridgehead atoms. The van der Waals surface area contributed by atoms with Gasteiger partial charge >= 0.3 is 5.97 Å². The highest BCUT2D eigenvalue weighted by Crippen LogP contribution is 2.45. The smallest absolute Gasteiger partial charge is 0.335 e. The molecule has 122 valence electrons. The molecule has 5 nitrogen and oxygen atoms in total. The largest absolute Gasteiger partial charge is 0.478 e. The molecule has 1 fully saturated rings. The summed E-state index contributed by atoms with van der Waals surface area (Å²) in [5, 5.41) is 13.0. The van der Waals surface area contributed by atoms with Gasteiger partial charge in [0.05, 0.1) is 11.6 Å². The average molecular weight is 340 g/mol. The number of carboxylic acids is 1. The lowest BCUT2D eigenvalue weighted by Crippen LogP contribution is -2.65. The van der Waals surface area contributed by atoms with Crippen LogP contribution in [0.3, 0.4) is 0 Å². The zero-order valence-electron chi connectivity index (χ0n) is 13.0. The number of thiocarbonyl (C=S) groups is 1. The van der Waals surface area contributed by atoms with Crippen molar-refractivity contribution >= 4 is 29.0 Å². The molecule has 0 aromatic heterocycles. The van der Waals surface area contributed by atoms with Gasteiger partial charge in [-0.25, -0.2) is 4.79 Å². The van der Waals surface area contributed by atoms with Crippen molar-refractivity contribution in [2.75, 3.05) is 4.90 Å². The van der Waals surface area contributed by atoms with E-state index in [0.29, 0.717) is 5.11 Å². The van der Waals surface area contributed by atoms with Gasteiger partial charge in [0.25, 0.3) is 0 Å². The molecule has 2 atom stereocenters. The summed E-state index contributed by atoms with van der Waals surface area (Å²) in [6.07, 6.45) is 0.741. The lowest BCUT2D eigenvalue weighted by atomic mass is 9.90. The van der Waals surface area contributed by atoms with Crippen molar-refractivity contribution in [1.29, 1.82) is 0 Å². The second-order valence-electron chi connectivity index (χ2n) is 6.21. The Kier molecular flexibility index (Phi) is 3.25. The van der Waals surface area contributed by atoms with Crippen molar-refractivity contribution in [3.63, 3.8) is 0 Å². The number of carboxylic acid groups (broad SMARTS) is 1. The summed E-state index contributed by atoms with van der Waals surface area (Å²) in [4.78, 5) is 13.0. The first-order valence-corrected chi connectivity index (χ1v) is 8.11. The molecule has 6 heteroatoms. The van der Waals surface area contributed by atoms with E-state index in [1.807, 2.05) is 36.1 Å². The lowest BCUT2D eigenvalue weighted by molar-refractivity contribution is 0.0498. The van der Waals surface area contributed by atoms with Crippen LogP contribution in [-0.4, -0.2) is 21.9 Å². The first-order chi connectivity index (χ1) is 11.5. The Hall–Kier alpha value is -2.60. The summed E-state index contributed by atoms with van der Waals surface area (Å²) in [5.41, 5.74) is 1.54. The van der Waals surface area contributed by atoms with Crippen LogP contribution in [0.4, 0.5) is 5.69 Å². The van der Waals surface area contributed by atoms with Crippen molar-refractivity contribution in [3.8, 4) is 5.75 Å². The number of fused-ring (bicyclic) bond motifs is 4. The molecule has 2 aliphatic rings. The summed E-state index contributed by atoms with van der Waals surface area (Å²) in [6.45, 7) is 2.01. The maximum Gasteiger partial charge on any atom is 0.335 e. The lowest BCUT2D eigenvalue weighted by Gasteiger charge is -2.52. The van der Waals surface area contributed by atoms with Gasteiger partial charge in [-0.3, -0.25) is 4.90 Å². The topological polar surface area (TPSA) is 61.8 Å². The van der Waals surface area contributed by atoms with Crippen LogP contribution in [-0.2, 0) is 0 Å². The van der Waals surface area contributed by atoms with Crippen LogP contribution in [0.25, 0.3) is 0 Å². The van der Waals surface area contributed by atoms with E-state index in [-0.39, 0.29) is 11.6 Å². The minimum atomic E-state index is -0.949. The van der Waals surface area contributed by atoms with Crippen LogP contribution in [0, 0.1) is 0 Å². The third kappa shape index (κ3) is 2.22. The van der Waals surface area contributed by atoms with Crippen LogP contribution >= 0.6 is 12.2 Å². The van der Waals surface area contributed by atoms with Crippen molar-refractivity contribution in [2.45, 2.75) is 25.1 Å². The second-order valence-corrected chi connectivity index (χ2v) is 6.60. The highest BCUT2D eigenvalue weighted by atomic mass is 32.1. The minimum absolute atomic E-state index is 0.113. The number of anilines is 1. The van der Waals surface area contributed by atoms with E-state index < -0.39 is 11.7 Å². The van der Waals surface area contributed by atoms with Crippen LogP contribution in [0.2, 0.25) is 0 Å². The molecule has 2 aromatic carbocycles. The predicted octanol–water partition coefficient (Wildman–Crippen LogP) is 3.32. The summed E-state index contributed by atoms with van der Waals surface area (Å²) in [7, 11) is 0. The average Bonchev–Trinajstić information content (AvgIpc) is 2.54. The Labute approximate surface area is 144 Å². The third-order valence-electron chi connectivity index (χ3n) is 4.55. The van der Waals surface area contributed by atoms with Gasteiger partial charge in [0.2, 0.25) is 0 Å². The molecule has 2 aliphatic heterocycles. The second kappa shape index (κ2) is 5.21. The number of ether oxygens (including phenoxy) is 1. The molecule has 0 aliphatic carbocycles. The zero-order valence-corrected chi connectivity index (χ0v) is 13.8. The summed E-state index contributed by atoms with van der Waals surface area (Å²) >= 11 is 5.57. The predicted molar refractivity (Wildman–Crippen MR) is 94.4 cm³/mol. The fourth-order valence-corrected chi connectivity index (χ4v) is 3.91. The van der Waals surface area contributed by atoms with Gasteiger partial charge in [-0.2, -0.15) is 0 Å². The van der Waals surface area contributed by atoms with E-state index in [2.05, 4.69) is 5.32 Å². The highest BCUT2D eigenvalue weighted by molar-refractivity contribution is 7.80. The Morgan fingerprint density at radius 3 is 2.71 bits per heavy atom. The van der Waals surface area contributed by atoms with E-state index in [1.54, 1.807) is 24.3 Å². The van der Waals surface area contributed by atoms with Gasteiger partial charge in [-0.15, -0.1) is 0 Å². The molecule has 2 unspecified atom stereocenters. The summed E-state index contributed by atoms with van der Waals surface area (Å²) < 4.78 is 6.29. The molecule has 24 heavy (non-hydrogen) atoms. The number of nitrogens with zero attached hydrogens (tertiary/aromatic N) is 1. The van der Waals surface area contributed by atoms with Gasteiger partial charge in [0.15, 0.2) is 10.8 Å². The molecule has 1 saturated heterocycles. The maximum absolute atomic E-state index is 11.0. The number of nitrogens with one attached hydrogen (secondary N) is 1. The first kappa shape index (κ1) is 15.0. The zero-order chi connectivity index (χ0) is 16.9. The minimum Gasteiger partial charge on any atom is -0.478 e.